The van der Waals surface area contributed by atoms with Gasteiger partial charge in [-0.25, -0.2) is 0 Å². The van der Waals surface area contributed by atoms with Crippen LogP contribution in [0.1, 0.15) is 19.3 Å². The van der Waals surface area contributed by atoms with Crippen molar-refractivity contribution in [2.45, 2.75) is 30.3 Å². The number of ether oxygens (including phenoxy) is 1. The van der Waals surface area contributed by atoms with E-state index in [4.69, 9.17) is 22.1 Å². The molecule has 0 spiro atoms. The molecule has 0 aromatic heterocycles. The first kappa shape index (κ1) is 12.9. The highest BCUT2D eigenvalue weighted by atomic mass is 35.5. The molecular formula is C12H16ClNO2S. The zero-order chi connectivity index (χ0) is 12.3. The van der Waals surface area contributed by atoms with Crippen LogP contribution >= 0.6 is 11.6 Å². The van der Waals surface area contributed by atoms with E-state index in [0.717, 1.165) is 25.9 Å². The maximum absolute atomic E-state index is 12.1. The van der Waals surface area contributed by atoms with Crippen LogP contribution in [0.15, 0.2) is 23.1 Å². The number of nitrogens with two attached hydrogens (primary N) is 1. The molecule has 1 aliphatic rings. The first-order chi connectivity index (χ1) is 8.18. The molecule has 0 aliphatic carbocycles. The van der Waals surface area contributed by atoms with Crippen LogP contribution < -0.4 is 5.73 Å². The number of anilines is 1. The molecule has 1 aliphatic heterocycles. The van der Waals surface area contributed by atoms with Gasteiger partial charge in [-0.3, -0.25) is 4.21 Å². The van der Waals surface area contributed by atoms with Gasteiger partial charge < -0.3 is 10.5 Å². The predicted octanol–water partition coefficient (Wildman–Crippen LogP) is 2.60. The van der Waals surface area contributed by atoms with Gasteiger partial charge in [-0.15, -0.1) is 0 Å². The van der Waals surface area contributed by atoms with Gasteiger partial charge in [0.25, 0.3) is 0 Å². The number of benzene rings is 1. The lowest BCUT2D eigenvalue weighted by Gasteiger charge is -2.11. The average molecular weight is 274 g/mol. The van der Waals surface area contributed by atoms with Crippen molar-refractivity contribution in [3.8, 4) is 0 Å². The molecule has 17 heavy (non-hydrogen) atoms. The van der Waals surface area contributed by atoms with Gasteiger partial charge in [0.05, 0.1) is 26.8 Å². The van der Waals surface area contributed by atoms with Gasteiger partial charge in [-0.2, -0.15) is 0 Å². The van der Waals surface area contributed by atoms with Crippen LogP contribution in [0.4, 0.5) is 5.69 Å². The van der Waals surface area contributed by atoms with E-state index in [1.165, 1.54) is 0 Å². The fourth-order valence-corrected chi connectivity index (χ4v) is 3.72. The Morgan fingerprint density at radius 1 is 1.53 bits per heavy atom. The zero-order valence-corrected chi connectivity index (χ0v) is 11.1. The van der Waals surface area contributed by atoms with Crippen molar-refractivity contribution in [3.05, 3.63) is 23.2 Å². The third kappa shape index (κ3) is 3.21. The van der Waals surface area contributed by atoms with Gasteiger partial charge in [-0.1, -0.05) is 17.7 Å². The first-order valence-corrected chi connectivity index (χ1v) is 7.42. The van der Waals surface area contributed by atoms with Crippen molar-refractivity contribution >= 4 is 28.1 Å². The summed E-state index contributed by atoms with van der Waals surface area (Å²) in [5.74, 6) is 0.554. The maximum Gasteiger partial charge on any atom is 0.0803 e. The SMILES string of the molecule is Nc1cccc(Cl)c1S(=O)CCC1CCCO1. The second kappa shape index (κ2) is 5.85. The second-order valence-corrected chi connectivity index (χ2v) is 6.05. The summed E-state index contributed by atoms with van der Waals surface area (Å²) in [6.45, 7) is 0.825. The molecule has 0 saturated carbocycles. The van der Waals surface area contributed by atoms with Crippen molar-refractivity contribution < 1.29 is 8.95 Å². The van der Waals surface area contributed by atoms with Gasteiger partial charge in [-0.05, 0) is 31.4 Å². The summed E-state index contributed by atoms with van der Waals surface area (Å²) < 4.78 is 17.6. The van der Waals surface area contributed by atoms with Crippen molar-refractivity contribution in [1.29, 1.82) is 0 Å². The van der Waals surface area contributed by atoms with Crippen molar-refractivity contribution in [2.24, 2.45) is 0 Å². The van der Waals surface area contributed by atoms with Gasteiger partial charge in [0, 0.05) is 18.0 Å². The third-order valence-electron chi connectivity index (χ3n) is 2.87. The van der Waals surface area contributed by atoms with Crippen LogP contribution in [0.5, 0.6) is 0 Å². The van der Waals surface area contributed by atoms with E-state index < -0.39 is 10.8 Å². The molecule has 1 fully saturated rings. The molecule has 0 amide bonds. The molecule has 0 radical (unpaired) electrons. The average Bonchev–Trinajstić information content (AvgIpc) is 2.79. The quantitative estimate of drug-likeness (QED) is 0.858. The van der Waals surface area contributed by atoms with Crippen LogP contribution in [0.2, 0.25) is 5.02 Å². The normalized spacial score (nSPS) is 21.6. The smallest absolute Gasteiger partial charge is 0.0803 e. The molecule has 2 unspecified atom stereocenters. The lowest BCUT2D eigenvalue weighted by Crippen LogP contribution is -2.11. The minimum absolute atomic E-state index is 0.252. The van der Waals surface area contributed by atoms with E-state index in [1.54, 1.807) is 18.2 Å². The van der Waals surface area contributed by atoms with Crippen LogP contribution in [-0.2, 0) is 15.5 Å². The Kier molecular flexibility index (Phi) is 4.42. The molecule has 2 atom stereocenters. The molecule has 2 rings (SSSR count). The Balaban J connectivity index is 1.99. The molecule has 1 aromatic rings. The monoisotopic (exact) mass is 273 g/mol. The fraction of sp³-hybridized carbons (Fsp3) is 0.500. The van der Waals surface area contributed by atoms with E-state index in [1.807, 2.05) is 0 Å². The first-order valence-electron chi connectivity index (χ1n) is 5.72. The number of halogens is 1. The molecule has 94 valence electrons. The topological polar surface area (TPSA) is 52.3 Å². The van der Waals surface area contributed by atoms with Crippen LogP contribution in [-0.4, -0.2) is 22.7 Å². The van der Waals surface area contributed by atoms with E-state index in [9.17, 15) is 4.21 Å². The van der Waals surface area contributed by atoms with E-state index in [-0.39, 0.29) is 6.10 Å². The number of hydrogen-bond acceptors (Lipinski definition) is 3. The molecule has 2 N–H and O–H groups in total. The summed E-state index contributed by atoms with van der Waals surface area (Å²) in [5, 5.41) is 0.482. The molecule has 0 bridgehead atoms. The fourth-order valence-electron chi connectivity index (χ4n) is 1.98. The van der Waals surface area contributed by atoms with Crippen LogP contribution in [0, 0.1) is 0 Å². The highest BCUT2D eigenvalue weighted by Crippen LogP contribution is 2.27. The Hall–Kier alpha value is -0.580. The maximum atomic E-state index is 12.1. The number of rotatable bonds is 4. The van der Waals surface area contributed by atoms with E-state index >= 15 is 0 Å². The molecule has 3 nitrogen and oxygen atoms in total. The lowest BCUT2D eigenvalue weighted by molar-refractivity contribution is 0.109. The largest absolute Gasteiger partial charge is 0.398 e. The summed E-state index contributed by atoms with van der Waals surface area (Å²) in [7, 11) is -1.14. The molecule has 1 aromatic carbocycles. The van der Waals surface area contributed by atoms with Crippen molar-refractivity contribution in [2.75, 3.05) is 18.1 Å². The van der Waals surface area contributed by atoms with Gasteiger partial charge in [0.2, 0.25) is 0 Å². The number of nitrogen functional groups attached to an aromatic ring is 1. The summed E-state index contributed by atoms with van der Waals surface area (Å²) in [4.78, 5) is 0.562. The highest BCUT2D eigenvalue weighted by Gasteiger charge is 2.18. The third-order valence-corrected chi connectivity index (χ3v) is 4.82. The molecule has 1 saturated heterocycles. The summed E-state index contributed by atoms with van der Waals surface area (Å²) in [6, 6.07) is 5.21. The van der Waals surface area contributed by atoms with Crippen molar-refractivity contribution in [3.63, 3.8) is 0 Å². The standard InChI is InChI=1S/C12H16ClNO2S/c13-10-4-1-5-11(14)12(10)17(15)8-6-9-3-2-7-16-9/h1,4-5,9H,2-3,6-8,14H2. The summed E-state index contributed by atoms with van der Waals surface area (Å²) in [6.07, 6.45) is 3.22. The van der Waals surface area contributed by atoms with Gasteiger partial charge in [0.1, 0.15) is 0 Å². The Labute approximate surface area is 109 Å². The highest BCUT2D eigenvalue weighted by molar-refractivity contribution is 7.85. The second-order valence-electron chi connectivity index (χ2n) is 4.13. The minimum atomic E-state index is -1.14. The lowest BCUT2D eigenvalue weighted by atomic mass is 10.2. The van der Waals surface area contributed by atoms with Crippen LogP contribution in [0.3, 0.4) is 0 Å². The van der Waals surface area contributed by atoms with Crippen molar-refractivity contribution in [1.82, 2.24) is 0 Å². The van der Waals surface area contributed by atoms with Crippen LogP contribution in [0.25, 0.3) is 0 Å². The Morgan fingerprint density at radius 3 is 3.00 bits per heavy atom. The molecular weight excluding hydrogens is 258 g/mol. The van der Waals surface area contributed by atoms with E-state index in [0.29, 0.717) is 21.4 Å². The Bertz CT molecular complexity index is 399. The van der Waals surface area contributed by atoms with E-state index in [2.05, 4.69) is 0 Å². The molecule has 1 heterocycles. The minimum Gasteiger partial charge on any atom is -0.398 e. The number of hydrogen-bond donors (Lipinski definition) is 1. The summed E-state index contributed by atoms with van der Waals surface area (Å²) in [5.41, 5.74) is 6.30. The van der Waals surface area contributed by atoms with Gasteiger partial charge >= 0.3 is 0 Å². The predicted molar refractivity (Wildman–Crippen MR) is 70.7 cm³/mol. The Morgan fingerprint density at radius 2 is 2.35 bits per heavy atom. The zero-order valence-electron chi connectivity index (χ0n) is 9.52. The summed E-state index contributed by atoms with van der Waals surface area (Å²) >= 11 is 6.02. The van der Waals surface area contributed by atoms with Gasteiger partial charge in [0.15, 0.2) is 0 Å². The molecule has 5 heteroatoms.